The average Bonchev–Trinajstić information content (AvgIpc) is 2.40. The first-order valence-electron chi connectivity index (χ1n) is 6.90. The highest BCUT2D eigenvalue weighted by Gasteiger charge is 2.18. The van der Waals surface area contributed by atoms with E-state index >= 15 is 0 Å². The molecule has 1 aromatic carbocycles. The maximum Gasteiger partial charge on any atom is 0.0369 e. The highest BCUT2D eigenvalue weighted by Crippen LogP contribution is 2.25. The lowest BCUT2D eigenvalue weighted by molar-refractivity contribution is 0.598. The molecule has 0 spiro atoms. The van der Waals surface area contributed by atoms with Gasteiger partial charge in [0.1, 0.15) is 0 Å². The summed E-state index contributed by atoms with van der Waals surface area (Å²) in [4.78, 5) is 2.53. The van der Waals surface area contributed by atoms with Crippen molar-refractivity contribution < 1.29 is 0 Å². The number of nitrogens with zero attached hydrogens (tertiary/aromatic N) is 1. The summed E-state index contributed by atoms with van der Waals surface area (Å²) in [5.74, 6) is 2.50. The van der Waals surface area contributed by atoms with Crippen LogP contribution in [0.3, 0.4) is 0 Å². The van der Waals surface area contributed by atoms with E-state index in [1.54, 1.807) is 0 Å². The highest BCUT2D eigenvalue weighted by atomic mass is 32.2. The quantitative estimate of drug-likeness (QED) is 0.898. The van der Waals surface area contributed by atoms with E-state index in [9.17, 15) is 0 Å². The van der Waals surface area contributed by atoms with Crippen LogP contribution >= 0.6 is 11.8 Å². The Labute approximate surface area is 115 Å². The Balaban J connectivity index is 2.06. The third-order valence-electron chi connectivity index (χ3n) is 3.60. The standard InChI is InChI=1S/C15H24N2S/c1-4-16-13(3)14-5-7-15(8-6-14)17-9-10-18-11-12(17)2/h5-8,12-13,16H,4,9-11H2,1-3H3. The van der Waals surface area contributed by atoms with Gasteiger partial charge >= 0.3 is 0 Å². The summed E-state index contributed by atoms with van der Waals surface area (Å²) in [7, 11) is 0. The smallest absolute Gasteiger partial charge is 0.0369 e. The molecule has 1 N–H and O–H groups in total. The predicted octanol–water partition coefficient (Wildman–Crippen LogP) is 3.30. The first-order valence-corrected chi connectivity index (χ1v) is 8.05. The summed E-state index contributed by atoms with van der Waals surface area (Å²) in [6, 6.07) is 10.2. The average molecular weight is 264 g/mol. The van der Waals surface area contributed by atoms with Crippen LogP contribution in [0, 0.1) is 0 Å². The predicted molar refractivity (Wildman–Crippen MR) is 82.7 cm³/mol. The van der Waals surface area contributed by atoms with Crippen molar-refractivity contribution in [2.45, 2.75) is 32.9 Å². The molecule has 0 saturated carbocycles. The highest BCUT2D eigenvalue weighted by molar-refractivity contribution is 7.99. The fraction of sp³-hybridized carbons (Fsp3) is 0.600. The monoisotopic (exact) mass is 264 g/mol. The van der Waals surface area contributed by atoms with E-state index in [1.807, 2.05) is 0 Å². The number of rotatable bonds is 4. The number of hydrogen-bond donors (Lipinski definition) is 1. The minimum absolute atomic E-state index is 0.443. The van der Waals surface area contributed by atoms with Crippen molar-refractivity contribution in [1.82, 2.24) is 5.32 Å². The van der Waals surface area contributed by atoms with Crippen LogP contribution < -0.4 is 10.2 Å². The van der Waals surface area contributed by atoms with Gasteiger partial charge < -0.3 is 10.2 Å². The van der Waals surface area contributed by atoms with E-state index in [-0.39, 0.29) is 0 Å². The first-order chi connectivity index (χ1) is 8.72. The summed E-state index contributed by atoms with van der Waals surface area (Å²) >= 11 is 2.06. The lowest BCUT2D eigenvalue weighted by atomic mass is 10.1. The van der Waals surface area contributed by atoms with Gasteiger partial charge in [0.05, 0.1) is 0 Å². The lowest BCUT2D eigenvalue weighted by Crippen LogP contribution is -2.40. The molecule has 0 amide bonds. The third kappa shape index (κ3) is 3.21. The van der Waals surface area contributed by atoms with Crippen LogP contribution in [-0.2, 0) is 0 Å². The second kappa shape index (κ2) is 6.48. The van der Waals surface area contributed by atoms with Gasteiger partial charge in [-0.05, 0) is 38.1 Å². The van der Waals surface area contributed by atoms with Gasteiger partial charge in [-0.25, -0.2) is 0 Å². The molecule has 1 heterocycles. The molecule has 18 heavy (non-hydrogen) atoms. The van der Waals surface area contributed by atoms with Gasteiger partial charge in [-0.3, -0.25) is 0 Å². The van der Waals surface area contributed by atoms with Gasteiger partial charge in [0, 0.05) is 35.8 Å². The Morgan fingerprint density at radius 3 is 2.72 bits per heavy atom. The van der Waals surface area contributed by atoms with Crippen LogP contribution in [0.4, 0.5) is 5.69 Å². The van der Waals surface area contributed by atoms with Gasteiger partial charge in [0.15, 0.2) is 0 Å². The molecule has 1 saturated heterocycles. The Morgan fingerprint density at radius 1 is 1.39 bits per heavy atom. The minimum Gasteiger partial charge on any atom is -0.367 e. The van der Waals surface area contributed by atoms with Crippen molar-refractivity contribution in [2.24, 2.45) is 0 Å². The maximum atomic E-state index is 3.45. The molecular weight excluding hydrogens is 240 g/mol. The van der Waals surface area contributed by atoms with E-state index in [2.05, 4.69) is 67.0 Å². The SMILES string of the molecule is CCNC(C)c1ccc(N2CCSCC2C)cc1. The molecule has 0 radical (unpaired) electrons. The van der Waals surface area contributed by atoms with Gasteiger partial charge in [0.2, 0.25) is 0 Å². The van der Waals surface area contributed by atoms with Crippen molar-refractivity contribution in [3.8, 4) is 0 Å². The van der Waals surface area contributed by atoms with Crippen LogP contribution in [0.2, 0.25) is 0 Å². The zero-order valence-corrected chi connectivity index (χ0v) is 12.5. The largest absolute Gasteiger partial charge is 0.367 e. The van der Waals surface area contributed by atoms with Crippen molar-refractivity contribution >= 4 is 17.4 Å². The Morgan fingerprint density at radius 2 is 2.11 bits per heavy atom. The summed E-state index contributed by atoms with van der Waals surface area (Å²) in [6.45, 7) is 8.88. The van der Waals surface area contributed by atoms with Crippen LogP contribution in [0.25, 0.3) is 0 Å². The molecule has 2 atom stereocenters. The zero-order chi connectivity index (χ0) is 13.0. The molecule has 3 heteroatoms. The summed E-state index contributed by atoms with van der Waals surface area (Å²) in [6.07, 6.45) is 0. The van der Waals surface area contributed by atoms with Crippen LogP contribution in [-0.4, -0.2) is 30.6 Å². The number of hydrogen-bond acceptors (Lipinski definition) is 3. The maximum absolute atomic E-state index is 3.45. The molecule has 2 unspecified atom stereocenters. The normalized spacial score (nSPS) is 21.9. The van der Waals surface area contributed by atoms with Crippen molar-refractivity contribution in [3.63, 3.8) is 0 Å². The zero-order valence-electron chi connectivity index (χ0n) is 11.6. The fourth-order valence-electron chi connectivity index (χ4n) is 2.49. The van der Waals surface area contributed by atoms with E-state index in [0.717, 1.165) is 6.54 Å². The lowest BCUT2D eigenvalue weighted by Gasteiger charge is -2.35. The van der Waals surface area contributed by atoms with Crippen molar-refractivity contribution in [1.29, 1.82) is 0 Å². The Kier molecular flexibility index (Phi) is 4.95. The number of nitrogens with one attached hydrogen (secondary N) is 1. The molecule has 100 valence electrons. The summed E-state index contributed by atoms with van der Waals surface area (Å²) in [5, 5.41) is 3.45. The number of thioether (sulfide) groups is 1. The second-order valence-corrected chi connectivity index (χ2v) is 6.14. The summed E-state index contributed by atoms with van der Waals surface area (Å²) < 4.78 is 0. The molecule has 2 rings (SSSR count). The third-order valence-corrected chi connectivity index (χ3v) is 4.79. The van der Waals surface area contributed by atoms with Crippen LogP contribution in [0.1, 0.15) is 32.4 Å². The number of benzene rings is 1. The molecule has 1 aromatic rings. The molecule has 2 nitrogen and oxygen atoms in total. The Bertz CT molecular complexity index is 363. The summed E-state index contributed by atoms with van der Waals surface area (Å²) in [5.41, 5.74) is 2.75. The molecule has 0 aromatic heterocycles. The van der Waals surface area contributed by atoms with Crippen molar-refractivity contribution in [3.05, 3.63) is 29.8 Å². The van der Waals surface area contributed by atoms with Gasteiger partial charge in [-0.15, -0.1) is 0 Å². The first kappa shape index (κ1) is 13.8. The molecule has 0 aliphatic carbocycles. The van der Waals surface area contributed by atoms with E-state index < -0.39 is 0 Å². The molecule has 1 aliphatic rings. The van der Waals surface area contributed by atoms with E-state index in [1.165, 1.54) is 29.3 Å². The molecule has 1 aliphatic heterocycles. The molecule has 0 bridgehead atoms. The Hall–Kier alpha value is -0.670. The minimum atomic E-state index is 0.443. The van der Waals surface area contributed by atoms with Gasteiger partial charge in [-0.1, -0.05) is 19.1 Å². The van der Waals surface area contributed by atoms with Gasteiger partial charge in [0.25, 0.3) is 0 Å². The van der Waals surface area contributed by atoms with E-state index in [4.69, 9.17) is 0 Å². The van der Waals surface area contributed by atoms with E-state index in [0.29, 0.717) is 12.1 Å². The van der Waals surface area contributed by atoms with Gasteiger partial charge in [-0.2, -0.15) is 11.8 Å². The molecule has 1 fully saturated rings. The molecular formula is C15H24N2S. The van der Waals surface area contributed by atoms with Crippen molar-refractivity contribution in [2.75, 3.05) is 29.5 Å². The second-order valence-electron chi connectivity index (χ2n) is 4.99. The number of anilines is 1. The fourth-order valence-corrected chi connectivity index (χ4v) is 3.50. The van der Waals surface area contributed by atoms with Crippen LogP contribution in [0.5, 0.6) is 0 Å². The van der Waals surface area contributed by atoms with Crippen LogP contribution in [0.15, 0.2) is 24.3 Å². The topological polar surface area (TPSA) is 15.3 Å².